The molecular weight excluding hydrogens is 426 g/mol. The van der Waals surface area contributed by atoms with E-state index in [1.54, 1.807) is 24.3 Å². The maximum Gasteiger partial charge on any atom is 3.00 e. The molecule has 0 aliphatic rings. The molecule has 0 unspecified atom stereocenters. The summed E-state index contributed by atoms with van der Waals surface area (Å²) in [6, 6.07) is 8.04. The minimum absolute atomic E-state index is 0. The van der Waals surface area contributed by atoms with Gasteiger partial charge in [-0.25, -0.2) is 0 Å². The third kappa shape index (κ3) is 8.04. The van der Waals surface area contributed by atoms with Gasteiger partial charge in [-0.15, -0.1) is 0 Å². The van der Waals surface area contributed by atoms with Crippen LogP contribution in [0.2, 0.25) is 0 Å². The van der Waals surface area contributed by atoms with Crippen LogP contribution >= 0.6 is 0 Å². The number of carboxylic acid groups (broad SMARTS) is 3. The SMILES string of the molecule is O=C([O-])CN(CCN(CC(=O)[O-])Cc1ccc2cccc([O-])c2n1)CC(=O)[O-].[Fe+3]. The molecule has 0 amide bonds. The molecule has 0 spiro atoms. The molecule has 0 N–H and O–H groups in total. The van der Waals surface area contributed by atoms with Crippen molar-refractivity contribution in [3.05, 3.63) is 36.0 Å². The number of carboxylic acids is 3. The van der Waals surface area contributed by atoms with Crippen LogP contribution in [-0.2, 0) is 38.0 Å². The predicted octanol–water partition coefficient (Wildman–Crippen LogP) is -4.34. The molecule has 2 rings (SSSR count). The van der Waals surface area contributed by atoms with Crippen molar-refractivity contribution in [2.45, 2.75) is 6.54 Å². The maximum absolute atomic E-state index is 11.9. The van der Waals surface area contributed by atoms with Crippen molar-refractivity contribution in [1.29, 1.82) is 0 Å². The Morgan fingerprint density at radius 2 is 1.38 bits per heavy atom. The summed E-state index contributed by atoms with van der Waals surface area (Å²) < 4.78 is 0. The van der Waals surface area contributed by atoms with Crippen LogP contribution in [0.15, 0.2) is 30.3 Å². The molecule has 0 bridgehead atoms. The van der Waals surface area contributed by atoms with Gasteiger partial charge in [0.1, 0.15) is 0 Å². The Bertz CT molecular complexity index is 862. The Labute approximate surface area is 176 Å². The molecule has 0 fully saturated rings. The summed E-state index contributed by atoms with van der Waals surface area (Å²) in [5, 5.41) is 45.1. The zero-order chi connectivity index (χ0) is 20.7. The van der Waals surface area contributed by atoms with E-state index < -0.39 is 37.5 Å². The fraction of sp³-hybridized carbons (Fsp3) is 0.333. The Hall–Kier alpha value is -2.72. The van der Waals surface area contributed by atoms with Gasteiger partial charge in [0.25, 0.3) is 0 Å². The Morgan fingerprint density at radius 1 is 0.828 bits per heavy atom. The van der Waals surface area contributed by atoms with Crippen LogP contribution in [0.3, 0.4) is 0 Å². The quantitative estimate of drug-likeness (QED) is 0.310. The fourth-order valence-corrected chi connectivity index (χ4v) is 2.74. The van der Waals surface area contributed by atoms with E-state index in [-0.39, 0.29) is 48.0 Å². The first-order valence-electron chi connectivity index (χ1n) is 8.34. The number of fused-ring (bicyclic) bond motifs is 1. The van der Waals surface area contributed by atoms with Crippen LogP contribution in [0.25, 0.3) is 10.9 Å². The van der Waals surface area contributed by atoms with Crippen molar-refractivity contribution in [2.24, 2.45) is 0 Å². The molecule has 1 aromatic heterocycles. The number of benzene rings is 1. The van der Waals surface area contributed by atoms with Crippen molar-refractivity contribution in [1.82, 2.24) is 14.8 Å². The number of carbonyl (C=O) groups is 3. The number of carbonyl (C=O) groups excluding carboxylic acids is 3. The van der Waals surface area contributed by atoms with Crippen molar-refractivity contribution < 1.29 is 51.9 Å². The summed E-state index contributed by atoms with van der Waals surface area (Å²) >= 11 is 0. The molecule has 10 nitrogen and oxygen atoms in total. The molecule has 1 radical (unpaired) electrons. The summed E-state index contributed by atoms with van der Waals surface area (Å²) in [7, 11) is 0. The molecule has 2 aromatic rings. The number of rotatable bonds is 11. The van der Waals surface area contributed by atoms with E-state index in [9.17, 15) is 34.8 Å². The average molecular weight is 443 g/mol. The molecule has 1 heterocycles. The van der Waals surface area contributed by atoms with Gasteiger partial charge < -0.3 is 34.8 Å². The monoisotopic (exact) mass is 443 g/mol. The van der Waals surface area contributed by atoms with Crippen LogP contribution in [0.1, 0.15) is 5.69 Å². The number of hydrogen-bond acceptors (Lipinski definition) is 10. The number of pyridine rings is 1. The van der Waals surface area contributed by atoms with E-state index in [0.717, 1.165) is 4.90 Å². The van der Waals surface area contributed by atoms with Crippen molar-refractivity contribution >= 4 is 28.8 Å². The van der Waals surface area contributed by atoms with Crippen molar-refractivity contribution in [2.75, 3.05) is 32.7 Å². The largest absolute Gasteiger partial charge is 3.00 e. The van der Waals surface area contributed by atoms with Gasteiger partial charge in [0.15, 0.2) is 0 Å². The first kappa shape index (κ1) is 24.3. The maximum atomic E-state index is 11.9. The smallest absolute Gasteiger partial charge is 0.871 e. The van der Waals surface area contributed by atoms with Gasteiger partial charge in [0, 0.05) is 39.3 Å². The standard InChI is InChI=1S/C18H21N3O7.Fe/c22-14-3-1-2-12-4-5-13(19-18(12)14)8-20(9-15(23)24)6-7-21(10-16(25)26)11-17(27)28;/h1-5,22H,6-11H2,(H,23,24)(H,25,26)(H,27,28);/q;+3/p-4. The van der Waals surface area contributed by atoms with E-state index in [1.807, 2.05) is 0 Å². The van der Waals surface area contributed by atoms with E-state index in [0.29, 0.717) is 11.1 Å². The number of para-hydroxylation sites is 1. The van der Waals surface area contributed by atoms with Gasteiger partial charge in [-0.2, -0.15) is 0 Å². The van der Waals surface area contributed by atoms with E-state index in [4.69, 9.17) is 0 Å². The number of aliphatic carboxylic acids is 3. The normalized spacial score (nSPS) is 10.8. The van der Waals surface area contributed by atoms with Crippen LogP contribution in [-0.4, -0.2) is 65.4 Å². The summed E-state index contributed by atoms with van der Waals surface area (Å²) in [6.07, 6.45) is 0. The van der Waals surface area contributed by atoms with Crippen LogP contribution in [0.4, 0.5) is 0 Å². The average Bonchev–Trinajstić information content (AvgIpc) is 2.59. The van der Waals surface area contributed by atoms with Gasteiger partial charge in [-0.3, -0.25) is 14.8 Å². The second-order valence-electron chi connectivity index (χ2n) is 6.17. The first-order valence-corrected chi connectivity index (χ1v) is 8.34. The Kier molecular flexibility index (Phi) is 9.49. The molecule has 29 heavy (non-hydrogen) atoms. The Balaban J connectivity index is 0.00000420. The van der Waals surface area contributed by atoms with Gasteiger partial charge in [-0.1, -0.05) is 30.0 Å². The molecule has 0 aliphatic carbocycles. The van der Waals surface area contributed by atoms with Crippen molar-refractivity contribution in [3.63, 3.8) is 0 Å². The minimum atomic E-state index is -1.47. The van der Waals surface area contributed by atoms with Gasteiger partial charge in [-0.05, 0) is 11.5 Å². The Morgan fingerprint density at radius 3 is 1.97 bits per heavy atom. The first-order chi connectivity index (χ1) is 13.2. The molecule has 0 aliphatic heterocycles. The van der Waals surface area contributed by atoms with E-state index >= 15 is 0 Å². The molecule has 0 atom stereocenters. The van der Waals surface area contributed by atoms with Crippen molar-refractivity contribution in [3.8, 4) is 5.75 Å². The molecule has 0 saturated carbocycles. The van der Waals surface area contributed by atoms with Gasteiger partial charge >= 0.3 is 17.1 Å². The van der Waals surface area contributed by atoms with Crippen LogP contribution in [0.5, 0.6) is 5.75 Å². The third-order valence-corrected chi connectivity index (χ3v) is 3.92. The third-order valence-electron chi connectivity index (χ3n) is 3.92. The minimum Gasteiger partial charge on any atom is -0.871 e. The van der Waals surface area contributed by atoms with Crippen LogP contribution < -0.4 is 20.4 Å². The topological polar surface area (TPSA) is 163 Å². The summed E-state index contributed by atoms with van der Waals surface area (Å²) in [5.74, 6) is -4.56. The second kappa shape index (κ2) is 11.3. The van der Waals surface area contributed by atoms with Gasteiger partial charge in [0.05, 0.1) is 29.1 Å². The zero-order valence-corrected chi connectivity index (χ0v) is 16.3. The zero-order valence-electron chi connectivity index (χ0n) is 15.2. The molecule has 1 aromatic carbocycles. The number of aromatic nitrogens is 1. The fourth-order valence-electron chi connectivity index (χ4n) is 2.74. The second-order valence-corrected chi connectivity index (χ2v) is 6.17. The van der Waals surface area contributed by atoms with Crippen LogP contribution in [0, 0.1) is 0 Å². The molecule has 11 heteroatoms. The molecule has 0 saturated heterocycles. The van der Waals surface area contributed by atoms with E-state index in [1.165, 1.54) is 11.0 Å². The van der Waals surface area contributed by atoms with Gasteiger partial charge in [0.2, 0.25) is 0 Å². The number of nitrogens with zero attached hydrogens (tertiary/aromatic N) is 3. The molecule has 155 valence electrons. The van der Waals surface area contributed by atoms with E-state index in [2.05, 4.69) is 4.98 Å². The molecular formula is C18H17FeN3O7-. The summed E-state index contributed by atoms with van der Waals surface area (Å²) in [6.45, 7) is -1.75. The predicted molar refractivity (Wildman–Crippen MR) is 87.9 cm³/mol. The summed E-state index contributed by atoms with van der Waals surface area (Å²) in [5.41, 5.74) is 0.687. The number of hydrogen-bond donors (Lipinski definition) is 0. The summed E-state index contributed by atoms with van der Waals surface area (Å²) in [4.78, 5) is 39.2.